The Kier molecular flexibility index (Phi) is 7.70. The number of aromatic carboxylic acids is 1. The van der Waals surface area contributed by atoms with Crippen LogP contribution in [0.2, 0.25) is 0 Å². The Hall–Kier alpha value is -3.71. The number of carboxylic acids is 1. The maximum absolute atomic E-state index is 12.4. The lowest BCUT2D eigenvalue weighted by Gasteiger charge is -2.39. The quantitative estimate of drug-likeness (QED) is 0.226. The molecule has 7 heteroatoms. The summed E-state index contributed by atoms with van der Waals surface area (Å²) in [5, 5.41) is 12.4. The van der Waals surface area contributed by atoms with Gasteiger partial charge in [0.25, 0.3) is 0 Å². The number of nitrogens with zero attached hydrogens (tertiary/aromatic N) is 1. The number of carbonyl (C=O) groups is 1. The topological polar surface area (TPSA) is 82.8 Å². The first-order chi connectivity index (χ1) is 17.2. The van der Waals surface area contributed by atoms with Gasteiger partial charge in [0.05, 0.1) is 16.3 Å². The Morgan fingerprint density at radius 2 is 1.72 bits per heavy atom. The molecule has 5 rings (SSSR count). The van der Waals surface area contributed by atoms with E-state index in [4.69, 9.17) is 9.52 Å². The summed E-state index contributed by atoms with van der Waals surface area (Å²) in [4.78, 5) is 25.3. The van der Waals surface area contributed by atoms with Crippen molar-refractivity contribution in [3.63, 3.8) is 0 Å². The van der Waals surface area contributed by atoms with E-state index in [-0.39, 0.29) is 16.4 Å². The van der Waals surface area contributed by atoms with Gasteiger partial charge in [-0.2, -0.15) is 12.6 Å². The largest absolute Gasteiger partial charge is 0.478 e. The van der Waals surface area contributed by atoms with Crippen LogP contribution >= 0.6 is 12.6 Å². The highest BCUT2D eigenvalue weighted by Gasteiger charge is 2.30. The number of rotatable bonds is 5. The Morgan fingerprint density at radius 3 is 2.39 bits per heavy atom. The summed E-state index contributed by atoms with van der Waals surface area (Å²) >= 11 is 4.12. The maximum Gasteiger partial charge on any atom is 0.337 e. The minimum atomic E-state index is -0.933. The minimum absolute atomic E-state index is 0.0382. The Balaban J connectivity index is 0.000000200. The molecule has 1 atom stereocenters. The van der Waals surface area contributed by atoms with Gasteiger partial charge in [0, 0.05) is 30.8 Å². The van der Waals surface area contributed by atoms with Crippen LogP contribution in [-0.2, 0) is 0 Å². The molecule has 0 radical (unpaired) electrons. The first kappa shape index (κ1) is 25.4. The normalized spacial score (nSPS) is 13.9. The van der Waals surface area contributed by atoms with Crippen LogP contribution in [0.5, 0.6) is 0 Å². The molecule has 1 saturated heterocycles. The summed E-state index contributed by atoms with van der Waals surface area (Å²) in [6, 6.07) is 22.8. The van der Waals surface area contributed by atoms with Gasteiger partial charge >= 0.3 is 5.97 Å². The molecule has 0 bridgehead atoms. The number of hydrogen-bond donors (Lipinski definition) is 3. The van der Waals surface area contributed by atoms with Crippen LogP contribution in [0.15, 0.2) is 82.0 Å². The minimum Gasteiger partial charge on any atom is -0.478 e. The second kappa shape index (κ2) is 10.9. The van der Waals surface area contributed by atoms with E-state index >= 15 is 0 Å². The highest BCUT2D eigenvalue weighted by molar-refractivity contribution is 7.81. The van der Waals surface area contributed by atoms with E-state index in [1.165, 1.54) is 5.56 Å². The molecule has 2 heterocycles. The lowest BCUT2D eigenvalue weighted by Crippen LogP contribution is -2.45. The van der Waals surface area contributed by atoms with Gasteiger partial charge in [-0.25, -0.2) is 4.79 Å². The zero-order valence-corrected chi connectivity index (χ0v) is 21.5. The van der Waals surface area contributed by atoms with E-state index in [1.54, 1.807) is 30.3 Å². The van der Waals surface area contributed by atoms with Gasteiger partial charge in [-0.3, -0.25) is 4.79 Å². The molecule has 1 fully saturated rings. The van der Waals surface area contributed by atoms with Gasteiger partial charge in [-0.1, -0.05) is 48.5 Å². The zero-order chi connectivity index (χ0) is 25.8. The smallest absolute Gasteiger partial charge is 0.337 e. The van der Waals surface area contributed by atoms with Crippen molar-refractivity contribution in [1.29, 1.82) is 0 Å². The number of hydrogen-bond acceptors (Lipinski definition) is 6. The Bertz CT molecular complexity index is 1430. The van der Waals surface area contributed by atoms with E-state index in [0.717, 1.165) is 24.2 Å². The fourth-order valence-corrected chi connectivity index (χ4v) is 4.51. The van der Waals surface area contributed by atoms with Crippen molar-refractivity contribution in [1.82, 2.24) is 0 Å². The highest BCUT2D eigenvalue weighted by atomic mass is 32.1. The third-order valence-electron chi connectivity index (χ3n) is 6.13. The number of nitrogens with one attached hydrogen (secondary N) is 1. The number of carboxylic acid groups (broad SMARTS) is 1. The van der Waals surface area contributed by atoms with E-state index in [2.05, 4.69) is 53.2 Å². The van der Waals surface area contributed by atoms with Crippen LogP contribution in [0.3, 0.4) is 0 Å². The molecule has 3 aromatic carbocycles. The third-order valence-corrected chi connectivity index (χ3v) is 6.26. The average molecular weight is 503 g/mol. The predicted molar refractivity (Wildman–Crippen MR) is 149 cm³/mol. The number of benzene rings is 3. The van der Waals surface area contributed by atoms with Crippen LogP contribution in [0, 0.1) is 13.8 Å². The number of para-hydroxylation sites is 1. The van der Waals surface area contributed by atoms with Gasteiger partial charge in [0.15, 0.2) is 11.3 Å². The number of aryl methyl sites for hydroxylation is 2. The van der Waals surface area contributed by atoms with Gasteiger partial charge in [-0.15, -0.1) is 0 Å². The molecule has 1 unspecified atom stereocenters. The first-order valence-electron chi connectivity index (χ1n) is 11.8. The highest BCUT2D eigenvalue weighted by Crippen LogP contribution is 2.32. The third kappa shape index (κ3) is 5.74. The molecule has 1 aliphatic rings. The molecule has 6 nitrogen and oxygen atoms in total. The molecule has 0 aliphatic carbocycles. The van der Waals surface area contributed by atoms with Crippen LogP contribution in [0.25, 0.3) is 11.0 Å². The molecule has 1 aliphatic heterocycles. The second-order valence-electron chi connectivity index (χ2n) is 9.09. The van der Waals surface area contributed by atoms with E-state index < -0.39 is 5.97 Å². The molecule has 4 aromatic rings. The van der Waals surface area contributed by atoms with Crippen LogP contribution < -0.4 is 15.6 Å². The zero-order valence-electron chi connectivity index (χ0n) is 20.6. The van der Waals surface area contributed by atoms with Crippen LogP contribution in [0.4, 0.5) is 11.6 Å². The number of thiol groups is 1. The fraction of sp³-hybridized carbons (Fsp3) is 0.241. The molecular formula is C29H30N2O4S. The van der Waals surface area contributed by atoms with Crippen molar-refractivity contribution in [3.8, 4) is 0 Å². The summed E-state index contributed by atoms with van der Waals surface area (Å²) in [6.45, 7) is 7.61. The van der Waals surface area contributed by atoms with Crippen molar-refractivity contribution in [2.24, 2.45) is 0 Å². The van der Waals surface area contributed by atoms with E-state index in [0.29, 0.717) is 28.5 Å². The first-order valence-corrected chi connectivity index (χ1v) is 12.4. The van der Waals surface area contributed by atoms with Crippen LogP contribution in [-0.4, -0.2) is 29.5 Å². The number of anilines is 2. The monoisotopic (exact) mass is 502 g/mol. The molecule has 0 saturated carbocycles. The standard InChI is InChI=1S/C20H19NO2.C9H11NO2S/c1-13-8-14(2)20-17(9-13)18(22)10-19(23-20)21-11-16(12-21)15-6-4-3-5-7-15;1-6(13)10-8-5-3-2-4-7(8)9(11)12/h3-10,16H,11-12H2,1-2H3;2-6,10,13H,1H3,(H,11,12). The summed E-state index contributed by atoms with van der Waals surface area (Å²) < 4.78 is 6.04. The molecule has 36 heavy (non-hydrogen) atoms. The summed E-state index contributed by atoms with van der Waals surface area (Å²) in [7, 11) is 0. The second-order valence-corrected chi connectivity index (χ2v) is 9.87. The lowest BCUT2D eigenvalue weighted by molar-refractivity contribution is 0.0698. The average Bonchev–Trinajstić information content (AvgIpc) is 2.80. The van der Waals surface area contributed by atoms with Gasteiger partial charge in [0.1, 0.15) is 5.58 Å². The predicted octanol–water partition coefficient (Wildman–Crippen LogP) is 6.09. The van der Waals surface area contributed by atoms with Crippen LogP contribution in [0.1, 0.15) is 39.9 Å². The summed E-state index contributed by atoms with van der Waals surface area (Å²) in [5.41, 5.74) is 5.05. The molecule has 1 aromatic heterocycles. The van der Waals surface area contributed by atoms with Crippen molar-refractivity contribution in [3.05, 3.63) is 105 Å². The summed E-state index contributed by atoms with van der Waals surface area (Å²) in [6.07, 6.45) is 0. The lowest BCUT2D eigenvalue weighted by atomic mass is 9.92. The molecule has 186 valence electrons. The SMILES string of the molecule is CC(S)Nc1ccccc1C(=O)O.Cc1cc(C)c2oc(N3CC(c4ccccc4)C3)cc(=O)c2c1. The van der Waals surface area contributed by atoms with Gasteiger partial charge in [-0.05, 0) is 55.7 Å². The molecule has 0 amide bonds. The molecule has 0 spiro atoms. The fourth-order valence-electron chi connectivity index (χ4n) is 4.37. The molecule has 2 N–H and O–H groups in total. The van der Waals surface area contributed by atoms with Crippen molar-refractivity contribution in [2.45, 2.75) is 32.1 Å². The number of fused-ring (bicyclic) bond motifs is 1. The van der Waals surface area contributed by atoms with E-state index in [1.807, 2.05) is 32.9 Å². The summed E-state index contributed by atoms with van der Waals surface area (Å²) in [5.74, 6) is 0.259. The Morgan fingerprint density at radius 1 is 1.06 bits per heavy atom. The van der Waals surface area contributed by atoms with E-state index in [9.17, 15) is 9.59 Å². The Labute approximate surface area is 216 Å². The van der Waals surface area contributed by atoms with Gasteiger partial charge in [0.2, 0.25) is 0 Å². The van der Waals surface area contributed by atoms with Crippen molar-refractivity contribution >= 4 is 41.1 Å². The van der Waals surface area contributed by atoms with Gasteiger partial charge < -0.3 is 19.7 Å². The molecular weight excluding hydrogens is 472 g/mol. The van der Waals surface area contributed by atoms with Crippen molar-refractivity contribution < 1.29 is 14.3 Å². The maximum atomic E-state index is 12.4. The van der Waals surface area contributed by atoms with Crippen molar-refractivity contribution in [2.75, 3.05) is 23.3 Å².